The van der Waals surface area contributed by atoms with Gasteiger partial charge in [-0.3, -0.25) is 9.52 Å². The number of ether oxygens (including phenoxy) is 3. The van der Waals surface area contributed by atoms with Gasteiger partial charge in [-0.1, -0.05) is 17.7 Å². The molecule has 0 aliphatic rings. The number of aryl methyl sites for hydroxylation is 1. The third-order valence-corrected chi connectivity index (χ3v) is 6.18. The quantitative estimate of drug-likeness (QED) is 0.218. The van der Waals surface area contributed by atoms with E-state index in [0.29, 0.717) is 54.0 Å². The number of anilines is 3. The summed E-state index contributed by atoms with van der Waals surface area (Å²) in [6, 6.07) is 14.8. The minimum Gasteiger partial charge on any atom is -0.493 e. The first-order chi connectivity index (χ1) is 19.5. The number of nitrogens with one attached hydrogen (secondary N) is 4. The van der Waals surface area contributed by atoms with Crippen LogP contribution in [0.15, 0.2) is 54.6 Å². The van der Waals surface area contributed by atoms with Crippen molar-refractivity contribution < 1.29 is 32.2 Å². The van der Waals surface area contributed by atoms with Crippen LogP contribution in [-0.4, -0.2) is 46.4 Å². The summed E-state index contributed by atoms with van der Waals surface area (Å²) in [4.78, 5) is 25.9. The molecule has 220 valence electrons. The van der Waals surface area contributed by atoms with E-state index in [2.05, 4.69) is 20.7 Å². The van der Waals surface area contributed by atoms with Gasteiger partial charge in [-0.15, -0.1) is 0 Å². The molecule has 0 aromatic heterocycles. The lowest BCUT2D eigenvalue weighted by molar-refractivity contribution is 0.102. The van der Waals surface area contributed by atoms with Crippen molar-refractivity contribution in [2.24, 2.45) is 0 Å². The first-order valence-electron chi connectivity index (χ1n) is 13.1. The number of rotatable bonds is 13. The average molecular weight is 585 g/mol. The zero-order valence-electron chi connectivity index (χ0n) is 23.8. The molecule has 0 aliphatic heterocycles. The third kappa shape index (κ3) is 9.31. The molecular formula is C29H36N4O7S. The summed E-state index contributed by atoms with van der Waals surface area (Å²) in [5.74, 6) is 0.692. The number of carbonyl (C=O) groups excluding carboxylic acids is 2. The van der Waals surface area contributed by atoms with E-state index in [1.807, 2.05) is 26.0 Å². The molecule has 0 fully saturated rings. The maximum atomic E-state index is 13.1. The van der Waals surface area contributed by atoms with Gasteiger partial charge in [0.25, 0.3) is 5.91 Å². The van der Waals surface area contributed by atoms with E-state index >= 15 is 0 Å². The molecule has 0 heterocycles. The Labute approximate surface area is 240 Å². The van der Waals surface area contributed by atoms with Crippen LogP contribution in [0.3, 0.4) is 0 Å². The fourth-order valence-corrected chi connectivity index (χ4v) is 4.40. The number of amides is 3. The molecule has 0 saturated heterocycles. The summed E-state index contributed by atoms with van der Waals surface area (Å²) in [7, 11) is -3.56. The van der Waals surface area contributed by atoms with Gasteiger partial charge < -0.3 is 30.2 Å². The van der Waals surface area contributed by atoms with Crippen LogP contribution in [-0.2, 0) is 16.6 Å². The van der Waals surface area contributed by atoms with Gasteiger partial charge in [0.1, 0.15) is 17.2 Å². The summed E-state index contributed by atoms with van der Waals surface area (Å²) in [5.41, 5.74) is 3.16. The highest BCUT2D eigenvalue weighted by atomic mass is 32.2. The van der Waals surface area contributed by atoms with Crippen LogP contribution in [0.25, 0.3) is 0 Å². The maximum Gasteiger partial charge on any atom is 0.319 e. The molecule has 0 saturated carbocycles. The van der Waals surface area contributed by atoms with E-state index in [1.165, 1.54) is 6.07 Å². The van der Waals surface area contributed by atoms with Crippen molar-refractivity contribution in [3.05, 3.63) is 71.3 Å². The Kier molecular flexibility index (Phi) is 10.8. The lowest BCUT2D eigenvalue weighted by Crippen LogP contribution is -2.28. The average Bonchev–Trinajstić information content (AvgIpc) is 2.91. The van der Waals surface area contributed by atoms with Crippen molar-refractivity contribution in [1.29, 1.82) is 0 Å². The zero-order chi connectivity index (χ0) is 30.0. The molecular weight excluding hydrogens is 548 g/mol. The van der Waals surface area contributed by atoms with Crippen LogP contribution < -0.4 is 34.9 Å². The molecule has 3 amide bonds. The molecule has 4 N–H and O–H groups in total. The Morgan fingerprint density at radius 1 is 0.756 bits per heavy atom. The van der Waals surface area contributed by atoms with Crippen molar-refractivity contribution in [2.75, 3.05) is 41.4 Å². The van der Waals surface area contributed by atoms with Crippen molar-refractivity contribution in [2.45, 2.75) is 34.2 Å². The second-order valence-corrected chi connectivity index (χ2v) is 10.7. The lowest BCUT2D eigenvalue weighted by atomic mass is 10.1. The van der Waals surface area contributed by atoms with Crippen LogP contribution in [0.1, 0.15) is 42.3 Å². The van der Waals surface area contributed by atoms with Crippen LogP contribution in [0.2, 0.25) is 0 Å². The molecule has 3 rings (SSSR count). The van der Waals surface area contributed by atoms with E-state index in [1.54, 1.807) is 50.2 Å². The molecule has 0 aliphatic carbocycles. The van der Waals surface area contributed by atoms with E-state index in [-0.39, 0.29) is 23.7 Å². The zero-order valence-corrected chi connectivity index (χ0v) is 24.6. The molecule has 41 heavy (non-hydrogen) atoms. The van der Waals surface area contributed by atoms with E-state index in [9.17, 15) is 18.0 Å². The highest BCUT2D eigenvalue weighted by molar-refractivity contribution is 7.92. The van der Waals surface area contributed by atoms with Crippen LogP contribution in [0.5, 0.6) is 17.2 Å². The third-order valence-electron chi connectivity index (χ3n) is 5.59. The summed E-state index contributed by atoms with van der Waals surface area (Å²) >= 11 is 0. The highest BCUT2D eigenvalue weighted by Crippen LogP contribution is 2.34. The first-order valence-corrected chi connectivity index (χ1v) is 15.0. The number of hydrogen-bond donors (Lipinski definition) is 4. The Bertz CT molecular complexity index is 1480. The molecule has 3 aromatic carbocycles. The predicted octanol–water partition coefficient (Wildman–Crippen LogP) is 5.14. The molecule has 11 nitrogen and oxygen atoms in total. The standard InChI is InChI=1S/C29H36N4O7S/c1-6-38-25-14-13-22(16-23(25)28(34)31-21-11-9-19(4)10-12-21)32-29(35)30-18-20-15-27(40-8-3)24(33-41(5,36)37)17-26(20)39-7-2/h9-17,33H,6-8,18H2,1-5H3,(H,31,34)(H2,30,32,35). The first kappa shape index (κ1) is 31.1. The SMILES string of the molecule is CCOc1cc(NS(C)(=O)=O)c(OCC)cc1CNC(=O)Nc1ccc(OCC)c(C(=O)Nc2ccc(C)cc2)c1. The summed E-state index contributed by atoms with van der Waals surface area (Å²) in [5, 5.41) is 8.34. The predicted molar refractivity (Wildman–Crippen MR) is 160 cm³/mol. The summed E-state index contributed by atoms with van der Waals surface area (Å²) < 4.78 is 43.0. The number of benzene rings is 3. The summed E-state index contributed by atoms with van der Waals surface area (Å²) in [6.07, 6.45) is 1.04. The van der Waals surface area contributed by atoms with Gasteiger partial charge in [0.05, 0.1) is 37.3 Å². The largest absolute Gasteiger partial charge is 0.493 e. The monoisotopic (exact) mass is 584 g/mol. The number of hydrogen-bond acceptors (Lipinski definition) is 7. The maximum absolute atomic E-state index is 13.1. The van der Waals surface area contributed by atoms with E-state index < -0.39 is 16.1 Å². The Balaban J connectivity index is 1.77. The van der Waals surface area contributed by atoms with Crippen LogP contribution in [0.4, 0.5) is 21.9 Å². The minimum atomic E-state index is -3.56. The van der Waals surface area contributed by atoms with Crippen molar-refractivity contribution >= 4 is 39.0 Å². The van der Waals surface area contributed by atoms with Gasteiger partial charge >= 0.3 is 6.03 Å². The van der Waals surface area contributed by atoms with Gasteiger partial charge in [-0.2, -0.15) is 0 Å². The Hall–Kier alpha value is -4.45. The fraction of sp³-hybridized carbons (Fsp3) is 0.310. The van der Waals surface area contributed by atoms with Gasteiger partial charge in [0.2, 0.25) is 10.0 Å². The summed E-state index contributed by atoms with van der Waals surface area (Å²) in [6.45, 7) is 8.39. The molecule has 12 heteroatoms. The van der Waals surface area contributed by atoms with Crippen molar-refractivity contribution in [3.63, 3.8) is 0 Å². The van der Waals surface area contributed by atoms with Crippen molar-refractivity contribution in [1.82, 2.24) is 5.32 Å². The molecule has 0 atom stereocenters. The second-order valence-electron chi connectivity index (χ2n) is 8.97. The fourth-order valence-electron chi connectivity index (χ4n) is 3.84. The van der Waals surface area contributed by atoms with Gasteiger partial charge in [-0.25, -0.2) is 13.2 Å². The van der Waals surface area contributed by atoms with Gasteiger partial charge in [0.15, 0.2) is 0 Å². The van der Waals surface area contributed by atoms with Gasteiger partial charge in [-0.05, 0) is 64.1 Å². The molecule has 3 aromatic rings. The topological polar surface area (TPSA) is 144 Å². The number of carbonyl (C=O) groups is 2. The number of urea groups is 1. The molecule has 0 unspecified atom stereocenters. The normalized spacial score (nSPS) is 10.9. The van der Waals surface area contributed by atoms with Gasteiger partial charge in [0, 0.05) is 29.5 Å². The van der Waals surface area contributed by atoms with E-state index in [0.717, 1.165) is 11.8 Å². The number of sulfonamides is 1. The smallest absolute Gasteiger partial charge is 0.319 e. The molecule has 0 radical (unpaired) electrons. The van der Waals surface area contributed by atoms with Crippen LogP contribution >= 0.6 is 0 Å². The Morgan fingerprint density at radius 2 is 1.37 bits per heavy atom. The molecule has 0 bridgehead atoms. The highest BCUT2D eigenvalue weighted by Gasteiger charge is 2.17. The lowest BCUT2D eigenvalue weighted by Gasteiger charge is -2.18. The Morgan fingerprint density at radius 3 is 2.00 bits per heavy atom. The second kappa shape index (κ2) is 14.3. The minimum absolute atomic E-state index is 0.0538. The van der Waals surface area contributed by atoms with E-state index in [4.69, 9.17) is 14.2 Å². The molecule has 0 spiro atoms. The van der Waals surface area contributed by atoms with Crippen molar-refractivity contribution in [3.8, 4) is 17.2 Å². The van der Waals surface area contributed by atoms with Crippen LogP contribution in [0, 0.1) is 6.92 Å².